The molecule has 0 amide bonds. The topological polar surface area (TPSA) is 34.1 Å². The van der Waals surface area contributed by atoms with Gasteiger partial charge in [0, 0.05) is 0 Å². The lowest BCUT2D eigenvalue weighted by molar-refractivity contribution is -0.124. The predicted molar refractivity (Wildman–Crippen MR) is 35.9 cm³/mol. The summed E-state index contributed by atoms with van der Waals surface area (Å²) < 4.78 is 0. The highest BCUT2D eigenvalue weighted by atomic mass is 27.0. The first-order chi connectivity index (χ1) is 3.13. The van der Waals surface area contributed by atoms with Crippen molar-refractivity contribution in [3.05, 3.63) is 0 Å². The molecule has 0 aliphatic rings. The van der Waals surface area contributed by atoms with Crippen molar-refractivity contribution in [2.24, 2.45) is 0 Å². The summed E-state index contributed by atoms with van der Waals surface area (Å²) in [5.41, 5.74) is 0. The molecule has 0 aliphatic carbocycles. The summed E-state index contributed by atoms with van der Waals surface area (Å²) in [4.78, 5) is 20.1. The van der Waals surface area contributed by atoms with Gasteiger partial charge in [0.15, 0.2) is 17.4 Å². The average Bonchev–Trinajstić information content (AvgIpc) is 1.27. The maximum atomic E-state index is 10.0. The number of hydrogen-bond donors (Lipinski definition) is 0. The van der Waals surface area contributed by atoms with Gasteiger partial charge < -0.3 is 0 Å². The van der Waals surface area contributed by atoms with Crippen molar-refractivity contribution in [1.29, 1.82) is 0 Å². The molecule has 0 rings (SSSR count). The molecule has 0 aliphatic heterocycles. The summed E-state index contributed by atoms with van der Waals surface area (Å²) in [6, 6.07) is 0. The van der Waals surface area contributed by atoms with E-state index in [1.54, 1.807) is 0 Å². The molecule has 2 nitrogen and oxygen atoms in total. The predicted octanol–water partition coefficient (Wildman–Crippen LogP) is -0.629. The number of Topliss-reactive ketones (excluding diaryl/α,β-unsaturated/α-hetero) is 2. The SMILES string of the molecule is CC(=O)CC(C)=O.[AlH3]. The maximum absolute atomic E-state index is 10.0. The molecule has 0 unspecified atom stereocenters. The van der Waals surface area contributed by atoms with Crippen LogP contribution in [0, 0.1) is 0 Å². The van der Waals surface area contributed by atoms with Gasteiger partial charge in [-0.3, -0.25) is 9.59 Å². The zero-order chi connectivity index (χ0) is 5.86. The standard InChI is InChI=1S/C5H8O2.Al.3H/c1-4(6)3-5(2)7;;;;/h3H2,1-2H3;;;;. The Kier molecular flexibility index (Phi) is 6.76. The molecule has 0 saturated carbocycles. The normalized spacial score (nSPS) is 7.25. The van der Waals surface area contributed by atoms with Crippen LogP contribution in [0.15, 0.2) is 0 Å². The Hall–Kier alpha value is -0.128. The molecular weight excluding hydrogens is 119 g/mol. The van der Waals surface area contributed by atoms with E-state index in [2.05, 4.69) is 0 Å². The van der Waals surface area contributed by atoms with Gasteiger partial charge in [-0.1, -0.05) is 0 Å². The molecule has 0 aromatic rings. The van der Waals surface area contributed by atoms with Gasteiger partial charge in [0.1, 0.15) is 11.6 Å². The van der Waals surface area contributed by atoms with E-state index < -0.39 is 0 Å². The van der Waals surface area contributed by atoms with Gasteiger partial charge in [-0.25, -0.2) is 0 Å². The molecule has 3 heteroatoms. The van der Waals surface area contributed by atoms with Crippen LogP contribution in [0.4, 0.5) is 0 Å². The molecule has 0 N–H and O–H groups in total. The van der Waals surface area contributed by atoms with Gasteiger partial charge in [-0.2, -0.15) is 0 Å². The van der Waals surface area contributed by atoms with Crippen molar-refractivity contribution in [1.82, 2.24) is 0 Å². The van der Waals surface area contributed by atoms with E-state index in [-0.39, 0.29) is 35.3 Å². The summed E-state index contributed by atoms with van der Waals surface area (Å²) in [7, 11) is 0. The number of hydrogen-bond acceptors (Lipinski definition) is 2. The molecule has 0 aromatic carbocycles. The van der Waals surface area contributed by atoms with Crippen LogP contribution in [0.25, 0.3) is 0 Å². The number of ketones is 2. The van der Waals surface area contributed by atoms with Crippen molar-refractivity contribution < 1.29 is 9.59 Å². The maximum Gasteiger partial charge on any atom is 0.187 e. The van der Waals surface area contributed by atoms with Gasteiger partial charge in [-0.15, -0.1) is 0 Å². The monoisotopic (exact) mass is 130 g/mol. The van der Waals surface area contributed by atoms with E-state index in [1.807, 2.05) is 0 Å². The second-order valence-corrected chi connectivity index (χ2v) is 1.58. The second kappa shape index (κ2) is 5.02. The number of carbonyl (C=O) groups is 2. The molecule has 0 aromatic heterocycles. The van der Waals surface area contributed by atoms with E-state index in [0.29, 0.717) is 0 Å². The minimum atomic E-state index is -0.0625. The van der Waals surface area contributed by atoms with Crippen molar-refractivity contribution in [2.45, 2.75) is 20.3 Å². The fourth-order valence-electron chi connectivity index (χ4n) is 0.351. The minimum absolute atomic E-state index is 0. The van der Waals surface area contributed by atoms with Crippen LogP contribution in [0.5, 0.6) is 0 Å². The zero-order valence-corrected chi connectivity index (χ0v) is 4.52. The second-order valence-electron chi connectivity index (χ2n) is 1.58. The highest BCUT2D eigenvalue weighted by Crippen LogP contribution is 1.80. The first-order valence-electron chi connectivity index (χ1n) is 2.12. The largest absolute Gasteiger partial charge is 0.300 e. The number of rotatable bonds is 2. The van der Waals surface area contributed by atoms with Gasteiger partial charge in [0.2, 0.25) is 0 Å². The summed E-state index contributed by atoms with van der Waals surface area (Å²) in [5.74, 6) is -0.125. The highest BCUT2D eigenvalue weighted by molar-refractivity contribution is 5.96. The van der Waals surface area contributed by atoms with Crippen LogP contribution < -0.4 is 0 Å². The Morgan fingerprint density at radius 3 is 1.38 bits per heavy atom. The molecule has 8 heavy (non-hydrogen) atoms. The zero-order valence-electron chi connectivity index (χ0n) is 4.52. The van der Waals surface area contributed by atoms with Crippen molar-refractivity contribution in [3.8, 4) is 0 Å². The molecule has 0 saturated heterocycles. The quantitative estimate of drug-likeness (QED) is 0.368. The fourth-order valence-corrected chi connectivity index (χ4v) is 0.351. The van der Waals surface area contributed by atoms with Crippen LogP contribution in [-0.4, -0.2) is 28.9 Å². The first-order valence-corrected chi connectivity index (χ1v) is 2.12. The molecule has 0 radical (unpaired) electrons. The summed E-state index contributed by atoms with van der Waals surface area (Å²) >= 11 is 0. The first kappa shape index (κ1) is 10.8. The van der Waals surface area contributed by atoms with Crippen molar-refractivity contribution >= 4 is 28.9 Å². The lowest BCUT2D eigenvalue weighted by atomic mass is 10.2. The number of carbonyl (C=O) groups excluding carboxylic acids is 2. The fraction of sp³-hybridized carbons (Fsp3) is 0.600. The van der Waals surface area contributed by atoms with Crippen LogP contribution in [0.1, 0.15) is 20.3 Å². The molecular formula is C5H11AlO2. The van der Waals surface area contributed by atoms with Crippen LogP contribution in [0.2, 0.25) is 0 Å². The molecule has 0 bridgehead atoms. The van der Waals surface area contributed by atoms with E-state index in [9.17, 15) is 9.59 Å². The molecule has 0 spiro atoms. The van der Waals surface area contributed by atoms with Gasteiger partial charge >= 0.3 is 0 Å². The van der Waals surface area contributed by atoms with E-state index in [0.717, 1.165) is 0 Å². The Balaban J connectivity index is 0. The Bertz CT molecular complexity index is 86.6. The summed E-state index contributed by atoms with van der Waals surface area (Å²) in [6.07, 6.45) is 0.0833. The minimum Gasteiger partial charge on any atom is -0.300 e. The van der Waals surface area contributed by atoms with E-state index in [1.165, 1.54) is 13.8 Å². The van der Waals surface area contributed by atoms with E-state index >= 15 is 0 Å². The lowest BCUT2D eigenvalue weighted by Crippen LogP contribution is -1.97. The van der Waals surface area contributed by atoms with Gasteiger partial charge in [0.05, 0.1) is 6.42 Å². The van der Waals surface area contributed by atoms with Crippen LogP contribution >= 0.6 is 0 Å². The van der Waals surface area contributed by atoms with Gasteiger partial charge in [0.25, 0.3) is 0 Å². The highest BCUT2D eigenvalue weighted by Gasteiger charge is 1.94. The summed E-state index contributed by atoms with van der Waals surface area (Å²) in [6.45, 7) is 2.81. The Morgan fingerprint density at radius 1 is 1.12 bits per heavy atom. The third-order valence-corrected chi connectivity index (χ3v) is 0.498. The average molecular weight is 130 g/mol. The van der Waals surface area contributed by atoms with Crippen LogP contribution in [-0.2, 0) is 9.59 Å². The van der Waals surface area contributed by atoms with Crippen LogP contribution in [0.3, 0.4) is 0 Å². The Labute approximate surface area is 59.4 Å². The third kappa shape index (κ3) is 9.30. The summed E-state index contributed by atoms with van der Waals surface area (Å²) in [5, 5.41) is 0. The van der Waals surface area contributed by atoms with Crippen molar-refractivity contribution in [2.75, 3.05) is 0 Å². The molecule has 0 heterocycles. The molecule has 0 atom stereocenters. The van der Waals surface area contributed by atoms with Gasteiger partial charge in [-0.05, 0) is 13.8 Å². The molecule has 46 valence electrons. The van der Waals surface area contributed by atoms with E-state index in [4.69, 9.17) is 0 Å². The Morgan fingerprint density at radius 2 is 1.38 bits per heavy atom. The lowest BCUT2D eigenvalue weighted by Gasteiger charge is -1.81. The van der Waals surface area contributed by atoms with Crippen molar-refractivity contribution in [3.63, 3.8) is 0 Å². The molecule has 0 fully saturated rings. The third-order valence-electron chi connectivity index (χ3n) is 0.498. The smallest absolute Gasteiger partial charge is 0.187 e.